The first-order valence-corrected chi connectivity index (χ1v) is 4.24. The predicted octanol–water partition coefficient (Wildman–Crippen LogP) is 1.06. The molecule has 0 radical (unpaired) electrons. The molecular formula is C11H9N2O+. The van der Waals surface area contributed by atoms with Gasteiger partial charge in [-0.25, -0.2) is 0 Å². The summed E-state index contributed by atoms with van der Waals surface area (Å²) in [5, 5.41) is 10.9. The molecule has 0 spiro atoms. The van der Waals surface area contributed by atoms with Gasteiger partial charge >= 0.3 is 0 Å². The van der Waals surface area contributed by atoms with E-state index in [-0.39, 0.29) is 0 Å². The van der Waals surface area contributed by atoms with Crippen molar-refractivity contribution >= 4 is 10.8 Å². The zero-order chi connectivity index (χ0) is 9.97. The third kappa shape index (κ3) is 1.27. The molecule has 2 aromatic rings. The summed E-state index contributed by atoms with van der Waals surface area (Å²) in [7, 11) is 1.57. The Labute approximate surface area is 81.7 Å². The largest absolute Gasteiger partial charge is 0.275 e. The average Bonchev–Trinajstić information content (AvgIpc) is 2.27. The third-order valence-corrected chi connectivity index (χ3v) is 2.10. The van der Waals surface area contributed by atoms with Gasteiger partial charge in [-0.1, -0.05) is 18.2 Å². The number of hydrogen-bond donors (Lipinski definition) is 0. The molecule has 3 heteroatoms. The molecule has 1 aromatic heterocycles. The summed E-state index contributed by atoms with van der Waals surface area (Å²) < 4.78 is 1.53. The maximum atomic E-state index is 8.94. The van der Waals surface area contributed by atoms with E-state index >= 15 is 0 Å². The summed E-state index contributed by atoms with van der Waals surface area (Å²) in [4.78, 5) is 5.03. The number of pyridine rings is 1. The van der Waals surface area contributed by atoms with Crippen LogP contribution in [-0.2, 0) is 0 Å². The second-order valence-corrected chi connectivity index (χ2v) is 2.91. The highest BCUT2D eigenvalue weighted by Crippen LogP contribution is 2.14. The Balaban J connectivity index is 2.82. The maximum absolute atomic E-state index is 8.94. The van der Waals surface area contributed by atoms with Crippen molar-refractivity contribution in [1.29, 1.82) is 5.26 Å². The number of nitriles is 1. The van der Waals surface area contributed by atoms with Crippen LogP contribution in [0.4, 0.5) is 0 Å². The van der Waals surface area contributed by atoms with E-state index in [1.165, 1.54) is 4.73 Å². The Morgan fingerprint density at radius 2 is 2.07 bits per heavy atom. The lowest BCUT2D eigenvalue weighted by atomic mass is 10.1. The summed E-state index contributed by atoms with van der Waals surface area (Å²) in [5.41, 5.74) is 0.616. The van der Waals surface area contributed by atoms with Crippen LogP contribution in [0.25, 0.3) is 10.8 Å². The van der Waals surface area contributed by atoms with Gasteiger partial charge in [-0.2, -0.15) is 5.26 Å². The van der Waals surface area contributed by atoms with Gasteiger partial charge in [0, 0.05) is 10.1 Å². The molecule has 0 unspecified atom stereocenters. The van der Waals surface area contributed by atoms with Crippen LogP contribution in [0.5, 0.6) is 0 Å². The first-order valence-electron chi connectivity index (χ1n) is 4.24. The Hall–Kier alpha value is -2.08. The summed E-state index contributed by atoms with van der Waals surface area (Å²) in [6, 6.07) is 9.87. The van der Waals surface area contributed by atoms with Gasteiger partial charge in [-0.3, -0.25) is 4.84 Å². The number of fused-ring (bicyclic) bond motifs is 1. The van der Waals surface area contributed by atoms with Crippen LogP contribution >= 0.6 is 0 Å². The number of rotatable bonds is 1. The summed E-state index contributed by atoms with van der Waals surface area (Å²) in [6.07, 6.45) is 3.51. The normalized spacial score (nSPS) is 9.71. The first kappa shape index (κ1) is 8.52. The van der Waals surface area contributed by atoms with Gasteiger partial charge in [-0.05, 0) is 6.07 Å². The predicted molar refractivity (Wildman–Crippen MR) is 51.4 cm³/mol. The van der Waals surface area contributed by atoms with E-state index < -0.39 is 0 Å². The van der Waals surface area contributed by atoms with Crippen molar-refractivity contribution in [3.8, 4) is 6.07 Å². The highest BCUT2D eigenvalue weighted by molar-refractivity contribution is 5.85. The van der Waals surface area contributed by atoms with Crippen molar-refractivity contribution in [2.24, 2.45) is 0 Å². The van der Waals surface area contributed by atoms with Gasteiger partial charge in [0.05, 0.1) is 5.39 Å². The molecule has 1 aromatic carbocycles. The smallest absolute Gasteiger partial charge is 0.240 e. The summed E-state index contributed by atoms with van der Waals surface area (Å²) in [5.74, 6) is 0. The molecule has 0 saturated heterocycles. The molecule has 0 saturated carbocycles. The van der Waals surface area contributed by atoms with Gasteiger partial charge in [0.25, 0.3) is 0 Å². The average molecular weight is 185 g/mol. The van der Waals surface area contributed by atoms with Crippen molar-refractivity contribution in [2.75, 3.05) is 7.11 Å². The monoisotopic (exact) mass is 185 g/mol. The van der Waals surface area contributed by atoms with E-state index in [0.29, 0.717) is 5.56 Å². The number of benzene rings is 1. The van der Waals surface area contributed by atoms with E-state index in [2.05, 4.69) is 6.07 Å². The first-order chi connectivity index (χ1) is 6.85. The van der Waals surface area contributed by atoms with Crippen LogP contribution < -0.4 is 9.57 Å². The third-order valence-electron chi connectivity index (χ3n) is 2.10. The standard InChI is InChI=1S/C11H9N2O/c1-14-13-7-9-4-2-3-5-11(9)10(6-12)8-13/h2-5,7-8H,1H3/q+1. The Bertz CT molecular complexity index is 514. The molecule has 1 heterocycles. The van der Waals surface area contributed by atoms with Crippen LogP contribution in [0.15, 0.2) is 36.7 Å². The van der Waals surface area contributed by atoms with Crippen LogP contribution in [0.3, 0.4) is 0 Å². The van der Waals surface area contributed by atoms with E-state index in [1.54, 1.807) is 13.3 Å². The van der Waals surface area contributed by atoms with E-state index in [1.807, 2.05) is 30.5 Å². The highest BCUT2D eigenvalue weighted by Gasteiger charge is 2.08. The lowest BCUT2D eigenvalue weighted by Crippen LogP contribution is -2.39. The molecule has 68 valence electrons. The highest BCUT2D eigenvalue weighted by atomic mass is 16.6. The fraction of sp³-hybridized carbons (Fsp3) is 0.0909. The molecular weight excluding hydrogens is 176 g/mol. The lowest BCUT2D eigenvalue weighted by molar-refractivity contribution is -0.884. The zero-order valence-corrected chi connectivity index (χ0v) is 7.77. The van der Waals surface area contributed by atoms with Crippen molar-refractivity contribution < 1.29 is 9.57 Å². The topological polar surface area (TPSA) is 36.9 Å². The van der Waals surface area contributed by atoms with Crippen LogP contribution in [-0.4, -0.2) is 7.11 Å². The van der Waals surface area contributed by atoms with Gasteiger partial charge in [0.15, 0.2) is 0 Å². The molecule has 0 amide bonds. The lowest BCUT2D eigenvalue weighted by Gasteiger charge is -1.97. The van der Waals surface area contributed by atoms with Gasteiger partial charge < -0.3 is 0 Å². The molecule has 0 aliphatic rings. The van der Waals surface area contributed by atoms with Crippen molar-refractivity contribution in [2.45, 2.75) is 0 Å². The molecule has 0 aliphatic heterocycles. The fourth-order valence-electron chi connectivity index (χ4n) is 1.42. The zero-order valence-electron chi connectivity index (χ0n) is 7.77. The summed E-state index contributed by atoms with van der Waals surface area (Å²) in [6.45, 7) is 0. The number of hydrogen-bond acceptors (Lipinski definition) is 2. The van der Waals surface area contributed by atoms with Crippen molar-refractivity contribution in [1.82, 2.24) is 0 Å². The van der Waals surface area contributed by atoms with Crippen LogP contribution in [0, 0.1) is 11.3 Å². The molecule has 0 atom stereocenters. The summed E-state index contributed by atoms with van der Waals surface area (Å²) >= 11 is 0. The molecule has 0 fully saturated rings. The fourth-order valence-corrected chi connectivity index (χ4v) is 1.42. The van der Waals surface area contributed by atoms with E-state index in [0.717, 1.165) is 10.8 Å². The van der Waals surface area contributed by atoms with Crippen LogP contribution in [0.1, 0.15) is 5.56 Å². The van der Waals surface area contributed by atoms with Crippen LogP contribution in [0.2, 0.25) is 0 Å². The SMILES string of the molecule is CO[n+]1cc(C#N)c2ccccc2c1. The van der Waals surface area contributed by atoms with Gasteiger partial charge in [0.2, 0.25) is 12.4 Å². The molecule has 0 aliphatic carbocycles. The number of nitrogens with zero attached hydrogens (tertiary/aromatic N) is 2. The minimum atomic E-state index is 0.616. The van der Waals surface area contributed by atoms with Gasteiger partial charge in [0.1, 0.15) is 18.7 Å². The molecule has 0 N–H and O–H groups in total. The molecule has 2 rings (SSSR count). The minimum Gasteiger partial charge on any atom is -0.275 e. The second-order valence-electron chi connectivity index (χ2n) is 2.91. The van der Waals surface area contributed by atoms with E-state index in [4.69, 9.17) is 10.1 Å². The quantitative estimate of drug-likeness (QED) is 0.623. The Kier molecular flexibility index (Phi) is 2.04. The van der Waals surface area contributed by atoms with Crippen molar-refractivity contribution in [3.05, 3.63) is 42.2 Å². The Morgan fingerprint density at radius 3 is 2.79 bits per heavy atom. The number of aromatic nitrogens is 1. The maximum Gasteiger partial charge on any atom is 0.240 e. The van der Waals surface area contributed by atoms with Gasteiger partial charge in [-0.15, -0.1) is 0 Å². The minimum absolute atomic E-state index is 0.616. The van der Waals surface area contributed by atoms with Crippen molar-refractivity contribution in [3.63, 3.8) is 0 Å². The molecule has 0 bridgehead atoms. The molecule has 3 nitrogen and oxygen atoms in total. The Morgan fingerprint density at radius 1 is 1.29 bits per heavy atom. The molecule has 14 heavy (non-hydrogen) atoms. The van der Waals surface area contributed by atoms with E-state index in [9.17, 15) is 0 Å². The second kappa shape index (κ2) is 3.35.